The molecule has 2 bridgehead atoms. The lowest BCUT2D eigenvalue weighted by molar-refractivity contribution is 0.104. The summed E-state index contributed by atoms with van der Waals surface area (Å²) in [7, 11) is 0. The van der Waals surface area contributed by atoms with E-state index < -0.39 is 0 Å². The van der Waals surface area contributed by atoms with Gasteiger partial charge in [0.15, 0.2) is 0 Å². The highest BCUT2D eigenvalue weighted by molar-refractivity contribution is 5.09. The first kappa shape index (κ1) is 8.28. The summed E-state index contributed by atoms with van der Waals surface area (Å²) < 4.78 is 0. The van der Waals surface area contributed by atoms with Crippen LogP contribution in [0.3, 0.4) is 0 Å². The maximum Gasteiger partial charge on any atom is 0.0159 e. The van der Waals surface area contributed by atoms with Crippen molar-refractivity contribution in [1.82, 2.24) is 0 Å². The zero-order valence-electron chi connectivity index (χ0n) is 8.63. The first-order valence-corrected chi connectivity index (χ1v) is 5.97. The molecule has 0 amide bonds. The summed E-state index contributed by atoms with van der Waals surface area (Å²) in [6.45, 7) is 2.29. The topological polar surface area (TPSA) is 26.0 Å². The summed E-state index contributed by atoms with van der Waals surface area (Å²) in [6.07, 6.45) is 8.74. The molecule has 74 valence electrons. The van der Waals surface area contributed by atoms with E-state index in [1.807, 2.05) is 0 Å². The summed E-state index contributed by atoms with van der Waals surface area (Å²) >= 11 is 0. The molecule has 0 radical (unpaired) electrons. The molecule has 3 aliphatic rings. The van der Waals surface area contributed by atoms with E-state index in [-0.39, 0.29) is 5.54 Å². The summed E-state index contributed by atoms with van der Waals surface area (Å²) in [5.41, 5.74) is 6.57. The van der Waals surface area contributed by atoms with Crippen LogP contribution >= 0.6 is 0 Å². The van der Waals surface area contributed by atoms with Crippen LogP contribution in [0.4, 0.5) is 0 Å². The lowest BCUT2D eigenvalue weighted by Crippen LogP contribution is -2.48. The fraction of sp³-hybridized carbons (Fsp3) is 1.00. The molecule has 1 nitrogen and oxygen atoms in total. The van der Waals surface area contributed by atoms with E-state index in [0.29, 0.717) is 0 Å². The maximum atomic E-state index is 6.37. The molecule has 0 saturated heterocycles. The van der Waals surface area contributed by atoms with E-state index in [2.05, 4.69) is 6.92 Å². The van der Waals surface area contributed by atoms with Crippen LogP contribution in [0.2, 0.25) is 0 Å². The Morgan fingerprint density at radius 1 is 1.15 bits per heavy atom. The molecule has 5 atom stereocenters. The third-order valence-electron chi connectivity index (χ3n) is 5.10. The van der Waals surface area contributed by atoms with Gasteiger partial charge in [0, 0.05) is 5.54 Å². The minimum absolute atomic E-state index is 0.198. The molecule has 0 aromatic rings. The molecule has 0 spiro atoms. The van der Waals surface area contributed by atoms with Crippen LogP contribution in [0.1, 0.15) is 45.4 Å². The second-order valence-electron chi connectivity index (χ2n) is 5.92. The van der Waals surface area contributed by atoms with E-state index in [1.165, 1.54) is 38.5 Å². The molecular weight excluding hydrogens is 158 g/mol. The van der Waals surface area contributed by atoms with Gasteiger partial charge in [-0.15, -0.1) is 0 Å². The van der Waals surface area contributed by atoms with E-state index in [4.69, 9.17) is 5.73 Å². The van der Waals surface area contributed by atoms with Gasteiger partial charge in [0.05, 0.1) is 0 Å². The lowest BCUT2D eigenvalue weighted by atomic mass is 9.65. The van der Waals surface area contributed by atoms with Gasteiger partial charge in [-0.2, -0.15) is 0 Å². The summed E-state index contributed by atoms with van der Waals surface area (Å²) in [5, 5.41) is 0. The monoisotopic (exact) mass is 179 g/mol. The summed E-state index contributed by atoms with van der Waals surface area (Å²) in [4.78, 5) is 0. The number of hydrogen-bond donors (Lipinski definition) is 1. The predicted molar refractivity (Wildman–Crippen MR) is 54.3 cm³/mol. The fourth-order valence-electron chi connectivity index (χ4n) is 4.66. The molecule has 0 aliphatic heterocycles. The molecule has 5 unspecified atom stereocenters. The Labute approximate surface area is 81.1 Å². The van der Waals surface area contributed by atoms with E-state index in [9.17, 15) is 0 Å². The first-order chi connectivity index (χ1) is 6.18. The molecule has 3 fully saturated rings. The zero-order chi connectivity index (χ0) is 9.05. The Hall–Kier alpha value is -0.0400. The molecule has 1 heteroatoms. The van der Waals surface area contributed by atoms with Gasteiger partial charge in [-0.3, -0.25) is 0 Å². The van der Waals surface area contributed by atoms with Crippen LogP contribution < -0.4 is 5.73 Å². The van der Waals surface area contributed by atoms with Gasteiger partial charge in [-0.05, 0) is 56.3 Å². The number of rotatable bonds is 0. The molecule has 2 N–H and O–H groups in total. The van der Waals surface area contributed by atoms with Crippen molar-refractivity contribution in [3.8, 4) is 0 Å². The van der Waals surface area contributed by atoms with Gasteiger partial charge in [0.25, 0.3) is 0 Å². The number of hydrogen-bond acceptors (Lipinski definition) is 1. The van der Waals surface area contributed by atoms with Gasteiger partial charge < -0.3 is 5.73 Å². The maximum absolute atomic E-state index is 6.37. The number of nitrogens with two attached hydrogens (primary N) is 1. The van der Waals surface area contributed by atoms with Crippen LogP contribution in [0, 0.1) is 23.7 Å². The predicted octanol–water partition coefficient (Wildman–Crippen LogP) is 2.55. The zero-order valence-corrected chi connectivity index (χ0v) is 8.63. The van der Waals surface area contributed by atoms with Crippen molar-refractivity contribution in [3.05, 3.63) is 0 Å². The third kappa shape index (κ3) is 1.03. The SMILES string of the molecule is CC1(N)CC2CC1C1CCCCC21. The first-order valence-electron chi connectivity index (χ1n) is 5.97. The average molecular weight is 179 g/mol. The van der Waals surface area contributed by atoms with Crippen molar-refractivity contribution in [2.45, 2.75) is 51.0 Å². The smallest absolute Gasteiger partial charge is 0.0159 e. The quantitative estimate of drug-likeness (QED) is 0.607. The highest BCUT2D eigenvalue weighted by atomic mass is 14.8. The standard InChI is InChI=1S/C12H21N/c1-12(13)7-8-6-11(12)10-5-3-2-4-9(8)10/h8-11H,2-7,13H2,1H3. The van der Waals surface area contributed by atoms with Crippen LogP contribution in [0.15, 0.2) is 0 Å². The summed E-state index contributed by atoms with van der Waals surface area (Å²) in [5.74, 6) is 3.98. The van der Waals surface area contributed by atoms with Crippen LogP contribution in [-0.4, -0.2) is 5.54 Å². The normalized spacial score (nSPS) is 59.5. The van der Waals surface area contributed by atoms with Crippen molar-refractivity contribution in [1.29, 1.82) is 0 Å². The molecule has 0 aromatic heterocycles. The van der Waals surface area contributed by atoms with E-state index >= 15 is 0 Å². The largest absolute Gasteiger partial charge is 0.325 e. The second-order valence-corrected chi connectivity index (χ2v) is 5.92. The third-order valence-corrected chi connectivity index (χ3v) is 5.10. The Morgan fingerprint density at radius 2 is 1.85 bits per heavy atom. The van der Waals surface area contributed by atoms with Crippen LogP contribution in [-0.2, 0) is 0 Å². The van der Waals surface area contributed by atoms with E-state index in [0.717, 1.165) is 23.7 Å². The van der Waals surface area contributed by atoms with Crippen molar-refractivity contribution >= 4 is 0 Å². The highest BCUT2D eigenvalue weighted by Crippen LogP contribution is 2.60. The average Bonchev–Trinajstić information content (AvgIpc) is 2.58. The minimum Gasteiger partial charge on any atom is -0.325 e. The van der Waals surface area contributed by atoms with Crippen molar-refractivity contribution in [3.63, 3.8) is 0 Å². The Balaban J connectivity index is 1.87. The highest BCUT2D eigenvalue weighted by Gasteiger charge is 2.56. The van der Waals surface area contributed by atoms with Gasteiger partial charge in [0.1, 0.15) is 0 Å². The van der Waals surface area contributed by atoms with Gasteiger partial charge in [-0.25, -0.2) is 0 Å². The molecular formula is C12H21N. The molecule has 0 aromatic carbocycles. The van der Waals surface area contributed by atoms with Crippen molar-refractivity contribution in [2.75, 3.05) is 0 Å². The van der Waals surface area contributed by atoms with Gasteiger partial charge >= 0.3 is 0 Å². The van der Waals surface area contributed by atoms with E-state index in [1.54, 1.807) is 0 Å². The number of fused-ring (bicyclic) bond motifs is 5. The minimum atomic E-state index is 0.198. The molecule has 13 heavy (non-hydrogen) atoms. The Bertz CT molecular complexity index is 221. The van der Waals surface area contributed by atoms with Gasteiger partial charge in [0.2, 0.25) is 0 Å². The Morgan fingerprint density at radius 3 is 2.62 bits per heavy atom. The summed E-state index contributed by atoms with van der Waals surface area (Å²) in [6, 6.07) is 0. The van der Waals surface area contributed by atoms with Gasteiger partial charge in [-0.1, -0.05) is 12.8 Å². The molecule has 3 saturated carbocycles. The van der Waals surface area contributed by atoms with Crippen LogP contribution in [0.25, 0.3) is 0 Å². The lowest BCUT2D eigenvalue weighted by Gasteiger charge is -2.42. The van der Waals surface area contributed by atoms with Crippen molar-refractivity contribution in [2.24, 2.45) is 29.4 Å². The fourth-order valence-corrected chi connectivity index (χ4v) is 4.66. The molecule has 0 heterocycles. The van der Waals surface area contributed by atoms with Crippen molar-refractivity contribution < 1.29 is 0 Å². The second kappa shape index (κ2) is 2.50. The Kier molecular flexibility index (Phi) is 1.59. The molecule has 3 aliphatic carbocycles. The molecule has 3 rings (SSSR count). The van der Waals surface area contributed by atoms with Crippen LogP contribution in [0.5, 0.6) is 0 Å².